The first-order valence-electron chi connectivity index (χ1n) is 12.4. The number of carbonyl (C=O) groups excluding carboxylic acids is 3. The second kappa shape index (κ2) is 8.00. The van der Waals surface area contributed by atoms with E-state index < -0.39 is 47.0 Å². The number of amides is 3. The second-order valence-corrected chi connectivity index (χ2v) is 9.98. The van der Waals surface area contributed by atoms with Gasteiger partial charge in [-0.25, -0.2) is 9.29 Å². The third kappa shape index (κ3) is 2.96. The molecule has 4 atom stereocenters. The van der Waals surface area contributed by atoms with Crippen molar-refractivity contribution in [2.24, 2.45) is 11.8 Å². The Bertz CT molecular complexity index is 1650. The van der Waals surface area contributed by atoms with Crippen molar-refractivity contribution >= 4 is 40.0 Å². The third-order valence-corrected chi connectivity index (χ3v) is 8.12. The van der Waals surface area contributed by atoms with E-state index in [1.165, 1.54) is 25.3 Å². The van der Waals surface area contributed by atoms with Gasteiger partial charge in [0, 0.05) is 34.4 Å². The van der Waals surface area contributed by atoms with Crippen molar-refractivity contribution in [1.82, 2.24) is 10.3 Å². The summed E-state index contributed by atoms with van der Waals surface area (Å²) >= 11 is 0. The molecule has 1 spiro atoms. The van der Waals surface area contributed by atoms with Crippen molar-refractivity contribution in [3.63, 3.8) is 0 Å². The van der Waals surface area contributed by atoms with Gasteiger partial charge in [0.05, 0.1) is 24.6 Å². The quantitative estimate of drug-likeness (QED) is 0.365. The average molecular weight is 511 g/mol. The predicted molar refractivity (Wildman–Crippen MR) is 138 cm³/mol. The molecule has 4 aromatic rings. The van der Waals surface area contributed by atoms with Gasteiger partial charge in [-0.1, -0.05) is 18.2 Å². The number of aromatic nitrogens is 1. The van der Waals surface area contributed by atoms with E-state index in [0.29, 0.717) is 29.1 Å². The Morgan fingerprint density at radius 1 is 1.00 bits per heavy atom. The summed E-state index contributed by atoms with van der Waals surface area (Å²) in [7, 11) is 1.53. The molecule has 3 N–H and O–H groups in total. The van der Waals surface area contributed by atoms with Crippen molar-refractivity contribution in [3.8, 4) is 5.75 Å². The molecule has 7 rings (SSSR count). The minimum atomic E-state index is -1.58. The monoisotopic (exact) mass is 510 g/mol. The highest BCUT2D eigenvalue weighted by Gasteiger charge is 2.70. The fourth-order valence-corrected chi connectivity index (χ4v) is 6.47. The number of hydrogen-bond acceptors (Lipinski definition) is 5. The van der Waals surface area contributed by atoms with Gasteiger partial charge in [-0.2, -0.15) is 0 Å². The number of halogens is 1. The topological polar surface area (TPSA) is 104 Å². The van der Waals surface area contributed by atoms with E-state index in [2.05, 4.69) is 15.6 Å². The van der Waals surface area contributed by atoms with Gasteiger partial charge in [-0.15, -0.1) is 0 Å². The Kier molecular flexibility index (Phi) is 4.77. The highest BCUT2D eigenvalue weighted by molar-refractivity contribution is 6.25. The Morgan fingerprint density at radius 3 is 2.58 bits per heavy atom. The lowest BCUT2D eigenvalue weighted by Crippen LogP contribution is -2.53. The maximum Gasteiger partial charge on any atom is 0.250 e. The summed E-state index contributed by atoms with van der Waals surface area (Å²) in [5.74, 6) is -3.17. The van der Waals surface area contributed by atoms with Crippen LogP contribution >= 0.6 is 0 Å². The standard InChI is InChI=1S/C29H23FN4O4/c1-38-18-9-7-17(8-10-18)34-26(35)24-23(12-15-14-31-21-5-3-2-4-19(15)21)33-29(25(24)27(34)36)20-13-16(30)6-11-22(20)32-28(29)37/h2-11,13-14,23-25,31,33H,12H2,1H3,(H,32,37)/t23?,24-,25+,29?/m1/s1. The van der Waals surface area contributed by atoms with E-state index in [1.807, 2.05) is 30.5 Å². The average Bonchev–Trinajstić information content (AvgIpc) is 3.63. The number of H-pyrrole nitrogens is 1. The number of nitrogens with zero attached hydrogens (tertiary/aromatic N) is 1. The molecular weight excluding hydrogens is 487 g/mol. The zero-order chi connectivity index (χ0) is 26.2. The van der Waals surface area contributed by atoms with E-state index in [-0.39, 0.29) is 0 Å². The van der Waals surface area contributed by atoms with Crippen LogP contribution < -0.4 is 20.3 Å². The maximum atomic E-state index is 14.5. The van der Waals surface area contributed by atoms with Crippen LogP contribution in [0.25, 0.3) is 10.9 Å². The van der Waals surface area contributed by atoms with E-state index >= 15 is 0 Å². The van der Waals surface area contributed by atoms with Crippen LogP contribution in [0.4, 0.5) is 15.8 Å². The van der Waals surface area contributed by atoms with Crippen molar-refractivity contribution in [1.29, 1.82) is 0 Å². The van der Waals surface area contributed by atoms with Gasteiger partial charge in [-0.05, 0) is 60.5 Å². The molecule has 1 aromatic heterocycles. The summed E-state index contributed by atoms with van der Waals surface area (Å²) in [6, 6.07) is 17.9. The number of fused-ring (bicyclic) bond motifs is 5. The number of methoxy groups -OCH3 is 1. The summed E-state index contributed by atoms with van der Waals surface area (Å²) < 4.78 is 19.7. The largest absolute Gasteiger partial charge is 0.497 e. The van der Waals surface area contributed by atoms with Gasteiger partial charge in [0.25, 0.3) is 0 Å². The predicted octanol–water partition coefficient (Wildman–Crippen LogP) is 3.48. The van der Waals surface area contributed by atoms with Gasteiger partial charge in [0.2, 0.25) is 17.7 Å². The maximum absolute atomic E-state index is 14.5. The van der Waals surface area contributed by atoms with Crippen LogP contribution in [0.1, 0.15) is 11.1 Å². The Hall–Kier alpha value is -4.50. The second-order valence-electron chi connectivity index (χ2n) is 9.98. The summed E-state index contributed by atoms with van der Waals surface area (Å²) in [5, 5.41) is 7.18. The zero-order valence-electron chi connectivity index (χ0n) is 20.3. The van der Waals surface area contributed by atoms with Gasteiger partial charge in [0.15, 0.2) is 0 Å². The number of hydrogen-bond donors (Lipinski definition) is 3. The van der Waals surface area contributed by atoms with Gasteiger partial charge in [-0.3, -0.25) is 19.7 Å². The minimum Gasteiger partial charge on any atom is -0.497 e. The lowest BCUT2D eigenvalue weighted by atomic mass is 9.76. The Labute approximate surface area is 216 Å². The smallest absolute Gasteiger partial charge is 0.250 e. The van der Waals surface area contributed by atoms with Gasteiger partial charge >= 0.3 is 0 Å². The van der Waals surface area contributed by atoms with Crippen LogP contribution in [-0.2, 0) is 26.3 Å². The summed E-state index contributed by atoms with van der Waals surface area (Å²) in [6.45, 7) is 0. The third-order valence-electron chi connectivity index (χ3n) is 8.12. The van der Waals surface area contributed by atoms with Crippen LogP contribution in [0.15, 0.2) is 72.9 Å². The van der Waals surface area contributed by atoms with Crippen LogP contribution in [0.2, 0.25) is 0 Å². The van der Waals surface area contributed by atoms with Crippen LogP contribution in [0, 0.1) is 17.7 Å². The van der Waals surface area contributed by atoms with Crippen LogP contribution in [0.3, 0.4) is 0 Å². The number of para-hydroxylation sites is 1. The van der Waals surface area contributed by atoms with E-state index in [4.69, 9.17) is 4.74 Å². The molecule has 0 saturated carbocycles. The van der Waals surface area contributed by atoms with E-state index in [9.17, 15) is 18.8 Å². The number of ether oxygens (including phenoxy) is 1. The molecule has 3 aromatic carbocycles. The molecule has 0 bridgehead atoms. The Balaban J connectivity index is 1.37. The SMILES string of the molecule is COc1ccc(N2C(=O)[C@@H]3C(Cc4c[nH]c5ccccc45)NC4(C(=O)Nc5ccc(F)cc54)[C@@H]3C2=O)cc1. The molecule has 190 valence electrons. The molecule has 2 saturated heterocycles. The molecule has 8 nitrogen and oxygen atoms in total. The highest BCUT2D eigenvalue weighted by atomic mass is 19.1. The van der Waals surface area contributed by atoms with Crippen LogP contribution in [-0.4, -0.2) is 35.9 Å². The van der Waals surface area contributed by atoms with Crippen molar-refractivity contribution < 1.29 is 23.5 Å². The minimum absolute atomic E-state index is 0.344. The van der Waals surface area contributed by atoms with Crippen molar-refractivity contribution in [2.75, 3.05) is 17.3 Å². The van der Waals surface area contributed by atoms with Crippen molar-refractivity contribution in [3.05, 3.63) is 89.9 Å². The lowest BCUT2D eigenvalue weighted by molar-refractivity contribution is -0.130. The van der Waals surface area contributed by atoms with Gasteiger partial charge < -0.3 is 15.0 Å². The molecule has 2 fully saturated rings. The number of benzene rings is 3. The van der Waals surface area contributed by atoms with Crippen LogP contribution in [0.5, 0.6) is 5.75 Å². The van der Waals surface area contributed by atoms with E-state index in [1.54, 1.807) is 24.3 Å². The first-order chi connectivity index (χ1) is 18.4. The molecule has 3 aliphatic heterocycles. The highest BCUT2D eigenvalue weighted by Crippen LogP contribution is 2.54. The molecule has 38 heavy (non-hydrogen) atoms. The first kappa shape index (κ1) is 22.7. The van der Waals surface area contributed by atoms with Crippen molar-refractivity contribution in [2.45, 2.75) is 18.0 Å². The Morgan fingerprint density at radius 2 is 1.79 bits per heavy atom. The fraction of sp³-hybridized carbons (Fsp3) is 0.207. The molecule has 9 heteroatoms. The van der Waals surface area contributed by atoms with Gasteiger partial charge in [0.1, 0.15) is 17.1 Å². The summed E-state index contributed by atoms with van der Waals surface area (Å²) in [4.78, 5) is 46.1. The number of anilines is 2. The molecule has 2 unspecified atom stereocenters. The molecule has 3 amide bonds. The number of carbonyl (C=O) groups is 3. The number of rotatable bonds is 4. The molecule has 3 aliphatic rings. The fourth-order valence-electron chi connectivity index (χ4n) is 6.47. The number of nitrogens with one attached hydrogen (secondary N) is 3. The molecular formula is C29H23FN4O4. The molecule has 0 aliphatic carbocycles. The first-order valence-corrected chi connectivity index (χ1v) is 12.4. The normalized spacial score (nSPS) is 25.8. The molecule has 4 heterocycles. The number of aromatic amines is 1. The number of imide groups is 1. The lowest BCUT2D eigenvalue weighted by Gasteiger charge is -2.29. The molecule has 0 radical (unpaired) electrons. The summed E-state index contributed by atoms with van der Waals surface area (Å²) in [5.41, 5.74) is 1.50. The van der Waals surface area contributed by atoms with E-state index in [0.717, 1.165) is 21.4 Å². The summed E-state index contributed by atoms with van der Waals surface area (Å²) in [6.07, 6.45) is 2.28. The zero-order valence-corrected chi connectivity index (χ0v) is 20.3.